The van der Waals surface area contributed by atoms with Gasteiger partial charge >= 0.3 is 6.01 Å². The standard InChI is InChI=1S/C32H40N6O4/c1-24-29(40)22-25-6-2-3-7-26(25)30(24)38-11-8-27-28(23-38)33-32(42-19-5-10-36-16-20-41-21-17-36)34-31(27)37-14-12-35(13-15-37)9-4-18-39/h2-4,6-7,9,18,22,40H,5,8,10-17,19-21,23H2,1H3. The fourth-order valence-electron chi connectivity index (χ4n) is 6.25. The van der Waals surface area contributed by atoms with Crippen molar-refractivity contribution < 1.29 is 19.4 Å². The highest BCUT2D eigenvalue weighted by Gasteiger charge is 2.29. The molecule has 222 valence electrons. The fraction of sp³-hybridized carbons (Fsp3) is 0.469. The van der Waals surface area contributed by atoms with E-state index in [9.17, 15) is 9.90 Å². The molecule has 0 saturated carbocycles. The number of morpholine rings is 1. The molecule has 0 unspecified atom stereocenters. The van der Waals surface area contributed by atoms with Gasteiger partial charge in [0.25, 0.3) is 0 Å². The Kier molecular flexibility index (Phi) is 8.71. The van der Waals surface area contributed by atoms with Crippen LogP contribution < -0.4 is 14.5 Å². The van der Waals surface area contributed by atoms with Gasteiger partial charge in [-0.3, -0.25) is 9.69 Å². The summed E-state index contributed by atoms with van der Waals surface area (Å²) in [5.74, 6) is 1.27. The van der Waals surface area contributed by atoms with Crippen molar-refractivity contribution in [1.29, 1.82) is 0 Å². The number of phenols is 1. The molecule has 10 nitrogen and oxygen atoms in total. The third kappa shape index (κ3) is 6.15. The van der Waals surface area contributed by atoms with Crippen LogP contribution in [0, 0.1) is 6.92 Å². The van der Waals surface area contributed by atoms with Crippen LogP contribution in [0.3, 0.4) is 0 Å². The van der Waals surface area contributed by atoms with Gasteiger partial charge < -0.3 is 29.3 Å². The van der Waals surface area contributed by atoms with Crippen LogP contribution in [0.2, 0.25) is 0 Å². The van der Waals surface area contributed by atoms with Crippen molar-refractivity contribution in [2.24, 2.45) is 0 Å². The zero-order chi connectivity index (χ0) is 28.9. The Hall–Kier alpha value is -3.89. The Morgan fingerprint density at radius 3 is 2.64 bits per heavy atom. The van der Waals surface area contributed by atoms with Crippen LogP contribution in [0.25, 0.3) is 10.8 Å². The van der Waals surface area contributed by atoms with Crippen molar-refractivity contribution in [2.75, 3.05) is 82.0 Å². The number of anilines is 2. The molecular formula is C32H40N6O4. The quantitative estimate of drug-likeness (QED) is 0.234. The number of aromatic hydroxyl groups is 1. The summed E-state index contributed by atoms with van der Waals surface area (Å²) >= 11 is 0. The van der Waals surface area contributed by atoms with Gasteiger partial charge in [-0.1, -0.05) is 24.3 Å². The van der Waals surface area contributed by atoms with Crippen molar-refractivity contribution in [3.63, 3.8) is 0 Å². The predicted molar refractivity (Wildman–Crippen MR) is 163 cm³/mol. The minimum Gasteiger partial charge on any atom is -0.508 e. The molecule has 3 aliphatic rings. The number of hydrogen-bond acceptors (Lipinski definition) is 10. The van der Waals surface area contributed by atoms with Gasteiger partial charge in [0.05, 0.1) is 37.7 Å². The molecule has 0 radical (unpaired) electrons. The van der Waals surface area contributed by atoms with Crippen LogP contribution in [-0.4, -0.2) is 103 Å². The summed E-state index contributed by atoms with van der Waals surface area (Å²) in [6, 6.07) is 10.5. The lowest BCUT2D eigenvalue weighted by Crippen LogP contribution is -2.45. The van der Waals surface area contributed by atoms with Gasteiger partial charge in [0.2, 0.25) is 0 Å². The lowest BCUT2D eigenvalue weighted by molar-refractivity contribution is -0.104. The van der Waals surface area contributed by atoms with Gasteiger partial charge in [-0.2, -0.15) is 9.97 Å². The number of phenolic OH excluding ortho intramolecular Hbond substituents is 1. The number of ether oxygens (including phenoxy) is 2. The molecule has 2 saturated heterocycles. The van der Waals surface area contributed by atoms with Crippen LogP contribution in [0.1, 0.15) is 23.2 Å². The molecule has 0 aliphatic carbocycles. The number of fused-ring (bicyclic) bond motifs is 2. The van der Waals surface area contributed by atoms with E-state index in [0.29, 0.717) is 24.9 Å². The Balaban J connectivity index is 1.26. The first-order chi connectivity index (χ1) is 20.6. The topological polar surface area (TPSA) is 94.5 Å². The fourth-order valence-corrected chi connectivity index (χ4v) is 6.25. The number of aldehydes is 1. The summed E-state index contributed by atoms with van der Waals surface area (Å²) in [6.45, 7) is 11.7. The molecule has 1 N–H and O–H groups in total. The Bertz CT molecular complexity index is 1430. The van der Waals surface area contributed by atoms with Crippen molar-refractivity contribution in [1.82, 2.24) is 19.8 Å². The molecule has 0 bridgehead atoms. The SMILES string of the molecule is Cc1c(O)cc2ccccc2c1N1CCc2c(nc(OCCCN3CCOCC3)nc2N2CCN(C=CC=O)CC2)C1. The van der Waals surface area contributed by atoms with Crippen LogP contribution in [0.4, 0.5) is 11.5 Å². The molecule has 0 amide bonds. The highest BCUT2D eigenvalue weighted by atomic mass is 16.5. The first-order valence-corrected chi connectivity index (χ1v) is 15.0. The number of aromatic nitrogens is 2. The summed E-state index contributed by atoms with van der Waals surface area (Å²) in [6.07, 6.45) is 5.93. The van der Waals surface area contributed by atoms with Gasteiger partial charge in [-0.05, 0) is 37.3 Å². The van der Waals surface area contributed by atoms with Gasteiger partial charge in [0.1, 0.15) is 17.9 Å². The first kappa shape index (κ1) is 28.2. The lowest BCUT2D eigenvalue weighted by atomic mass is 9.99. The third-order valence-corrected chi connectivity index (χ3v) is 8.53. The number of carbonyl (C=O) groups excluding carboxylic acids is 1. The Morgan fingerprint density at radius 1 is 1.02 bits per heavy atom. The highest BCUT2D eigenvalue weighted by molar-refractivity contribution is 5.97. The maximum absolute atomic E-state index is 10.8. The maximum atomic E-state index is 10.8. The molecule has 0 atom stereocenters. The number of carbonyl (C=O) groups is 1. The van der Waals surface area contributed by atoms with E-state index in [4.69, 9.17) is 19.4 Å². The number of rotatable bonds is 9. The van der Waals surface area contributed by atoms with E-state index >= 15 is 0 Å². The maximum Gasteiger partial charge on any atom is 0.318 e. The molecule has 0 spiro atoms. The van der Waals surface area contributed by atoms with Gasteiger partial charge in [0.15, 0.2) is 0 Å². The minimum atomic E-state index is 0.309. The number of piperazine rings is 1. The molecule has 3 aliphatic heterocycles. The summed E-state index contributed by atoms with van der Waals surface area (Å²) < 4.78 is 11.7. The number of hydrogen-bond donors (Lipinski definition) is 1. The van der Waals surface area contributed by atoms with E-state index in [1.807, 2.05) is 37.4 Å². The van der Waals surface area contributed by atoms with Crippen LogP contribution in [0.15, 0.2) is 42.6 Å². The van der Waals surface area contributed by atoms with Crippen molar-refractivity contribution in [3.05, 3.63) is 59.4 Å². The molecule has 1 aromatic heterocycles. The van der Waals surface area contributed by atoms with Crippen LogP contribution in [-0.2, 0) is 22.5 Å². The average Bonchev–Trinajstić information content (AvgIpc) is 3.03. The van der Waals surface area contributed by atoms with Crippen molar-refractivity contribution >= 4 is 28.6 Å². The number of allylic oxidation sites excluding steroid dienone is 1. The molecule has 2 fully saturated rings. The lowest BCUT2D eigenvalue weighted by Gasteiger charge is -2.38. The van der Waals surface area contributed by atoms with E-state index in [-0.39, 0.29) is 0 Å². The third-order valence-electron chi connectivity index (χ3n) is 8.53. The minimum absolute atomic E-state index is 0.309. The smallest absolute Gasteiger partial charge is 0.318 e. The largest absolute Gasteiger partial charge is 0.508 e. The molecule has 10 heteroatoms. The summed E-state index contributed by atoms with van der Waals surface area (Å²) in [5.41, 5.74) is 4.08. The molecule has 4 heterocycles. The second-order valence-corrected chi connectivity index (χ2v) is 11.2. The van der Waals surface area contributed by atoms with E-state index in [0.717, 1.165) is 118 Å². The number of nitrogens with zero attached hydrogens (tertiary/aromatic N) is 6. The van der Waals surface area contributed by atoms with E-state index < -0.39 is 0 Å². The molecule has 6 rings (SSSR count). The van der Waals surface area contributed by atoms with Crippen molar-refractivity contribution in [3.8, 4) is 11.8 Å². The van der Waals surface area contributed by atoms with E-state index in [2.05, 4.69) is 25.7 Å². The van der Waals surface area contributed by atoms with Gasteiger partial charge in [-0.15, -0.1) is 0 Å². The van der Waals surface area contributed by atoms with E-state index in [1.165, 1.54) is 5.56 Å². The summed E-state index contributed by atoms with van der Waals surface area (Å²) in [4.78, 5) is 30.0. The summed E-state index contributed by atoms with van der Waals surface area (Å²) in [7, 11) is 0. The zero-order valence-corrected chi connectivity index (χ0v) is 24.4. The first-order valence-electron chi connectivity index (χ1n) is 15.0. The van der Waals surface area contributed by atoms with Crippen molar-refractivity contribution in [2.45, 2.75) is 26.3 Å². The molecule has 2 aromatic carbocycles. The van der Waals surface area contributed by atoms with Gasteiger partial charge in [-0.25, -0.2) is 0 Å². The molecule has 3 aromatic rings. The van der Waals surface area contributed by atoms with Gasteiger partial charge in [0, 0.05) is 75.1 Å². The average molecular weight is 573 g/mol. The molecular weight excluding hydrogens is 532 g/mol. The second-order valence-electron chi connectivity index (χ2n) is 11.2. The predicted octanol–water partition coefficient (Wildman–Crippen LogP) is 3.14. The second kappa shape index (κ2) is 13.0. The monoisotopic (exact) mass is 572 g/mol. The Labute approximate surface area is 247 Å². The van der Waals surface area contributed by atoms with E-state index in [1.54, 1.807) is 6.08 Å². The van der Waals surface area contributed by atoms with Crippen LogP contribution in [0.5, 0.6) is 11.8 Å². The highest BCUT2D eigenvalue weighted by Crippen LogP contribution is 2.39. The zero-order valence-electron chi connectivity index (χ0n) is 24.4. The van der Waals surface area contributed by atoms with Crippen LogP contribution >= 0.6 is 0 Å². The Morgan fingerprint density at radius 2 is 1.83 bits per heavy atom. The summed E-state index contributed by atoms with van der Waals surface area (Å²) in [5, 5.41) is 12.9. The number of benzene rings is 2. The normalized spacial score (nSPS) is 18.1. The molecule has 42 heavy (non-hydrogen) atoms.